The van der Waals surface area contributed by atoms with Gasteiger partial charge in [0, 0.05) is 6.20 Å². The number of aryl methyl sites for hydroxylation is 1. The van der Waals surface area contributed by atoms with Crippen molar-refractivity contribution in [3.05, 3.63) is 29.7 Å². The molecular formula is C12H14N6O2. The number of carbonyl (C=O) groups excluding carboxylic acids is 1. The summed E-state index contributed by atoms with van der Waals surface area (Å²) < 4.78 is 5.42. The average Bonchev–Trinajstić information content (AvgIpc) is 3.09. The maximum absolute atomic E-state index is 11.9. The minimum absolute atomic E-state index is 0.0704. The monoisotopic (exact) mass is 274 g/mol. The number of amides is 1. The van der Waals surface area contributed by atoms with Gasteiger partial charge in [0.05, 0.1) is 17.9 Å². The highest BCUT2D eigenvalue weighted by atomic mass is 16.4. The molecule has 0 aromatic carbocycles. The molecule has 0 saturated carbocycles. The van der Waals surface area contributed by atoms with Crippen molar-refractivity contribution in [1.29, 1.82) is 0 Å². The molecule has 2 N–H and O–H groups in total. The fourth-order valence-corrected chi connectivity index (χ4v) is 1.99. The van der Waals surface area contributed by atoms with Gasteiger partial charge in [-0.1, -0.05) is 5.10 Å². The summed E-state index contributed by atoms with van der Waals surface area (Å²) in [6, 6.07) is 0.147. The topological polar surface area (TPSA) is 106 Å². The fourth-order valence-electron chi connectivity index (χ4n) is 1.99. The van der Waals surface area contributed by atoms with Gasteiger partial charge in [0.1, 0.15) is 5.69 Å². The van der Waals surface area contributed by atoms with E-state index in [0.717, 1.165) is 25.1 Å². The molecule has 1 amide bonds. The highest BCUT2D eigenvalue weighted by Crippen LogP contribution is 2.22. The molecule has 8 nitrogen and oxygen atoms in total. The average molecular weight is 274 g/mol. The summed E-state index contributed by atoms with van der Waals surface area (Å²) in [4.78, 5) is 19.9. The molecule has 8 heteroatoms. The molecule has 1 saturated heterocycles. The van der Waals surface area contributed by atoms with Crippen molar-refractivity contribution in [2.24, 2.45) is 0 Å². The van der Waals surface area contributed by atoms with Crippen LogP contribution in [-0.4, -0.2) is 32.6 Å². The summed E-state index contributed by atoms with van der Waals surface area (Å²) in [5, 5.41) is 13.5. The van der Waals surface area contributed by atoms with Crippen molar-refractivity contribution < 1.29 is 9.21 Å². The van der Waals surface area contributed by atoms with E-state index in [1.165, 1.54) is 12.4 Å². The molecule has 0 aliphatic carbocycles. The number of nitrogens with zero attached hydrogens (tertiary/aromatic N) is 4. The normalized spacial score (nSPS) is 18.1. The summed E-state index contributed by atoms with van der Waals surface area (Å²) in [6.07, 6.45) is 4.96. The maximum atomic E-state index is 11.9. The zero-order valence-corrected chi connectivity index (χ0v) is 11.0. The number of aromatic nitrogens is 4. The van der Waals surface area contributed by atoms with E-state index >= 15 is 0 Å². The van der Waals surface area contributed by atoms with E-state index in [4.69, 9.17) is 4.42 Å². The third kappa shape index (κ3) is 2.64. The van der Waals surface area contributed by atoms with Gasteiger partial charge < -0.3 is 9.73 Å². The van der Waals surface area contributed by atoms with Gasteiger partial charge in [-0.2, -0.15) is 0 Å². The number of carbonyl (C=O) groups is 1. The Hall–Kier alpha value is -2.35. The van der Waals surface area contributed by atoms with Crippen LogP contribution in [0.1, 0.15) is 41.0 Å². The molecule has 3 rings (SSSR count). The lowest BCUT2D eigenvalue weighted by atomic mass is 10.2. The highest BCUT2D eigenvalue weighted by molar-refractivity contribution is 6.01. The molecule has 2 aromatic heterocycles. The minimum atomic E-state index is -0.424. The predicted octanol–water partition coefficient (Wildman–Crippen LogP) is 0.845. The minimum Gasteiger partial charge on any atom is -0.406 e. The molecule has 3 heterocycles. The quantitative estimate of drug-likeness (QED) is 0.854. The lowest BCUT2D eigenvalue weighted by Crippen LogP contribution is -2.14. The molecular weight excluding hydrogens is 260 g/mol. The second-order valence-corrected chi connectivity index (χ2v) is 4.59. The van der Waals surface area contributed by atoms with Gasteiger partial charge in [-0.15, -0.1) is 5.10 Å². The first-order valence-electron chi connectivity index (χ1n) is 6.39. The zero-order valence-electron chi connectivity index (χ0n) is 11.0. The van der Waals surface area contributed by atoms with Gasteiger partial charge in [-0.25, -0.2) is 4.98 Å². The molecule has 1 atom stereocenters. The van der Waals surface area contributed by atoms with E-state index < -0.39 is 5.91 Å². The van der Waals surface area contributed by atoms with Gasteiger partial charge in [0.15, 0.2) is 0 Å². The van der Waals surface area contributed by atoms with Crippen molar-refractivity contribution in [2.45, 2.75) is 25.8 Å². The van der Waals surface area contributed by atoms with E-state index in [2.05, 4.69) is 30.8 Å². The molecule has 0 radical (unpaired) electrons. The highest BCUT2D eigenvalue weighted by Gasteiger charge is 2.22. The molecule has 2 aromatic rings. The first kappa shape index (κ1) is 12.7. The summed E-state index contributed by atoms with van der Waals surface area (Å²) >= 11 is 0. The summed E-state index contributed by atoms with van der Waals surface area (Å²) in [7, 11) is 0. The Balaban J connectivity index is 1.68. The van der Waals surface area contributed by atoms with Crippen LogP contribution in [0.5, 0.6) is 0 Å². The molecule has 20 heavy (non-hydrogen) atoms. The number of hydrogen-bond acceptors (Lipinski definition) is 7. The zero-order chi connectivity index (χ0) is 13.9. The van der Waals surface area contributed by atoms with Crippen LogP contribution in [0.3, 0.4) is 0 Å². The molecule has 1 fully saturated rings. The van der Waals surface area contributed by atoms with Gasteiger partial charge in [-0.05, 0) is 26.3 Å². The van der Waals surface area contributed by atoms with E-state index in [9.17, 15) is 4.79 Å². The lowest BCUT2D eigenvalue weighted by Gasteiger charge is -2.02. The van der Waals surface area contributed by atoms with Crippen LogP contribution in [0.25, 0.3) is 0 Å². The van der Waals surface area contributed by atoms with Gasteiger partial charge in [-0.3, -0.25) is 15.1 Å². The van der Waals surface area contributed by atoms with Crippen LogP contribution in [0.4, 0.5) is 6.01 Å². The predicted molar refractivity (Wildman–Crippen MR) is 69.0 cm³/mol. The Bertz CT molecular complexity index is 603. The van der Waals surface area contributed by atoms with Crippen LogP contribution in [0, 0.1) is 6.92 Å². The van der Waals surface area contributed by atoms with Crippen molar-refractivity contribution in [3.63, 3.8) is 0 Å². The van der Waals surface area contributed by atoms with Gasteiger partial charge >= 0.3 is 6.01 Å². The van der Waals surface area contributed by atoms with Crippen LogP contribution < -0.4 is 10.6 Å². The number of nitrogens with one attached hydrogen (secondary N) is 2. The van der Waals surface area contributed by atoms with Crippen molar-refractivity contribution >= 4 is 11.9 Å². The maximum Gasteiger partial charge on any atom is 0.322 e. The smallest absolute Gasteiger partial charge is 0.322 e. The van der Waals surface area contributed by atoms with Gasteiger partial charge in [0.2, 0.25) is 5.89 Å². The number of anilines is 1. The lowest BCUT2D eigenvalue weighted by molar-refractivity contribution is 0.101. The molecule has 104 valence electrons. The Morgan fingerprint density at radius 1 is 1.40 bits per heavy atom. The van der Waals surface area contributed by atoms with E-state index in [1.807, 2.05) is 0 Å². The summed E-state index contributed by atoms with van der Waals surface area (Å²) in [6.45, 7) is 2.74. The third-order valence-corrected chi connectivity index (χ3v) is 3.03. The largest absolute Gasteiger partial charge is 0.406 e. The fraction of sp³-hybridized carbons (Fsp3) is 0.417. The standard InChI is InChI=1S/C12H14N6O2/c1-7-5-15-9(6-14-7)10(19)16-12-18-17-11(20-12)8-3-2-4-13-8/h5-6,8,13H,2-4H2,1H3,(H,16,18,19). The number of hydrogen-bond donors (Lipinski definition) is 2. The van der Waals surface area contributed by atoms with Crippen LogP contribution >= 0.6 is 0 Å². The van der Waals surface area contributed by atoms with E-state index in [1.54, 1.807) is 6.92 Å². The molecule has 0 bridgehead atoms. The molecule has 0 spiro atoms. The Kier molecular flexibility index (Phi) is 3.38. The Morgan fingerprint density at radius 2 is 2.30 bits per heavy atom. The second kappa shape index (κ2) is 5.33. The summed E-state index contributed by atoms with van der Waals surface area (Å²) in [5.41, 5.74) is 0.947. The molecule has 1 aliphatic heterocycles. The number of rotatable bonds is 3. The van der Waals surface area contributed by atoms with Crippen LogP contribution in [0.2, 0.25) is 0 Å². The van der Waals surface area contributed by atoms with Crippen molar-refractivity contribution in [1.82, 2.24) is 25.5 Å². The first-order chi connectivity index (χ1) is 9.72. The Morgan fingerprint density at radius 3 is 3.00 bits per heavy atom. The second-order valence-electron chi connectivity index (χ2n) is 4.59. The van der Waals surface area contributed by atoms with E-state index in [0.29, 0.717) is 5.89 Å². The molecule has 1 aliphatic rings. The summed E-state index contributed by atoms with van der Waals surface area (Å²) in [5.74, 6) is 0.0693. The SMILES string of the molecule is Cc1cnc(C(=O)Nc2nnc(C3CCCN3)o2)cn1. The van der Waals surface area contributed by atoms with Crippen LogP contribution in [-0.2, 0) is 0 Å². The Labute approximate surface area is 115 Å². The molecule has 1 unspecified atom stereocenters. The van der Waals surface area contributed by atoms with Crippen molar-refractivity contribution in [2.75, 3.05) is 11.9 Å². The van der Waals surface area contributed by atoms with E-state index in [-0.39, 0.29) is 17.8 Å². The van der Waals surface area contributed by atoms with Crippen molar-refractivity contribution in [3.8, 4) is 0 Å². The third-order valence-electron chi connectivity index (χ3n) is 3.03. The van der Waals surface area contributed by atoms with Gasteiger partial charge in [0.25, 0.3) is 5.91 Å². The first-order valence-corrected chi connectivity index (χ1v) is 6.39. The van der Waals surface area contributed by atoms with Crippen LogP contribution in [0.15, 0.2) is 16.8 Å².